The zero-order valence-corrected chi connectivity index (χ0v) is 11.3. The topological polar surface area (TPSA) is 74.6 Å². The summed E-state index contributed by atoms with van der Waals surface area (Å²) < 4.78 is 0.774. The van der Waals surface area contributed by atoms with Gasteiger partial charge in [-0.3, -0.25) is 9.78 Å². The summed E-state index contributed by atoms with van der Waals surface area (Å²) in [6, 6.07) is 8.02. The Bertz CT molecular complexity index is 629. The summed E-state index contributed by atoms with van der Waals surface area (Å²) in [7, 11) is 0. The lowest BCUT2D eigenvalue weighted by molar-refractivity contribution is 0.0952. The molecule has 1 heterocycles. The molecule has 0 bridgehead atoms. The number of nitrogens with one attached hydrogen (secondary N) is 1. The van der Waals surface area contributed by atoms with Gasteiger partial charge < -0.3 is 5.11 Å². The Morgan fingerprint density at radius 3 is 2.89 bits per heavy atom. The maximum Gasteiger partial charge on any atom is 0.275 e. The monoisotopic (exact) mass is 319 g/mol. The first-order valence-electron chi connectivity index (χ1n) is 5.39. The molecule has 0 aliphatic carbocycles. The molecule has 0 fully saturated rings. The SMILES string of the molecule is O=C(N/N=C/c1ccncc1Br)c1ccccc1O. The molecule has 0 aliphatic heterocycles. The second-order valence-corrected chi connectivity index (χ2v) is 4.47. The maximum atomic E-state index is 11.7. The van der Waals surface area contributed by atoms with E-state index in [9.17, 15) is 9.90 Å². The first-order valence-corrected chi connectivity index (χ1v) is 6.18. The van der Waals surface area contributed by atoms with E-state index in [1.807, 2.05) is 0 Å². The number of pyridine rings is 1. The van der Waals surface area contributed by atoms with Crippen molar-refractivity contribution in [1.82, 2.24) is 10.4 Å². The summed E-state index contributed by atoms with van der Waals surface area (Å²) in [5.41, 5.74) is 3.30. The van der Waals surface area contributed by atoms with Gasteiger partial charge in [-0.1, -0.05) is 12.1 Å². The first kappa shape index (κ1) is 13.2. The summed E-state index contributed by atoms with van der Waals surface area (Å²) in [5.74, 6) is -0.556. The number of rotatable bonds is 3. The van der Waals surface area contributed by atoms with E-state index >= 15 is 0 Å². The zero-order valence-electron chi connectivity index (χ0n) is 9.75. The van der Waals surface area contributed by atoms with E-state index in [0.29, 0.717) is 0 Å². The summed E-state index contributed by atoms with van der Waals surface area (Å²) in [6.07, 6.45) is 4.74. The molecule has 6 heteroatoms. The first-order chi connectivity index (χ1) is 9.18. The second kappa shape index (κ2) is 6.10. The van der Waals surface area contributed by atoms with E-state index in [2.05, 4.69) is 31.4 Å². The fraction of sp³-hybridized carbons (Fsp3) is 0. The lowest BCUT2D eigenvalue weighted by atomic mass is 10.2. The highest BCUT2D eigenvalue weighted by atomic mass is 79.9. The van der Waals surface area contributed by atoms with Crippen LogP contribution in [0.3, 0.4) is 0 Å². The Morgan fingerprint density at radius 1 is 1.37 bits per heavy atom. The van der Waals surface area contributed by atoms with Crippen LogP contribution < -0.4 is 5.43 Å². The number of aromatic nitrogens is 1. The number of aromatic hydroxyl groups is 1. The van der Waals surface area contributed by atoms with Crippen LogP contribution in [0.25, 0.3) is 0 Å². The molecule has 1 amide bonds. The molecule has 0 aliphatic rings. The van der Waals surface area contributed by atoms with Crippen LogP contribution in [0.15, 0.2) is 52.3 Å². The van der Waals surface area contributed by atoms with Gasteiger partial charge in [0.2, 0.25) is 0 Å². The van der Waals surface area contributed by atoms with Gasteiger partial charge in [0.15, 0.2) is 0 Å². The summed E-state index contributed by atoms with van der Waals surface area (Å²) >= 11 is 3.31. The van der Waals surface area contributed by atoms with Crippen molar-refractivity contribution in [2.45, 2.75) is 0 Å². The minimum Gasteiger partial charge on any atom is -0.507 e. The quantitative estimate of drug-likeness (QED) is 0.673. The van der Waals surface area contributed by atoms with Crippen molar-refractivity contribution in [3.05, 3.63) is 58.3 Å². The van der Waals surface area contributed by atoms with Crippen LogP contribution in [-0.2, 0) is 0 Å². The molecule has 0 radical (unpaired) electrons. The van der Waals surface area contributed by atoms with Crippen LogP contribution in [0.1, 0.15) is 15.9 Å². The number of hydrazone groups is 1. The Labute approximate surface area is 118 Å². The number of phenolic OH excluding ortho intramolecular Hbond substituents is 1. The standard InChI is InChI=1S/C13H10BrN3O2/c14-11-8-15-6-5-9(11)7-16-17-13(19)10-3-1-2-4-12(10)18/h1-8,18H,(H,17,19)/b16-7+. The minimum atomic E-state index is -0.473. The van der Waals surface area contributed by atoms with Crippen LogP contribution in [-0.4, -0.2) is 22.2 Å². The molecule has 1 aromatic heterocycles. The van der Waals surface area contributed by atoms with Crippen molar-refractivity contribution >= 4 is 28.1 Å². The number of hydrogen-bond acceptors (Lipinski definition) is 4. The van der Waals surface area contributed by atoms with Crippen molar-refractivity contribution in [3.8, 4) is 5.75 Å². The highest BCUT2D eigenvalue weighted by Gasteiger charge is 2.08. The number of phenols is 1. The van der Waals surface area contributed by atoms with E-state index in [0.717, 1.165) is 10.0 Å². The van der Waals surface area contributed by atoms with Gasteiger partial charge in [-0.2, -0.15) is 5.10 Å². The highest BCUT2D eigenvalue weighted by Crippen LogP contribution is 2.15. The van der Waals surface area contributed by atoms with Gasteiger partial charge in [0, 0.05) is 22.4 Å². The summed E-state index contributed by atoms with van der Waals surface area (Å²) in [4.78, 5) is 15.7. The van der Waals surface area contributed by atoms with Gasteiger partial charge in [0.25, 0.3) is 5.91 Å². The fourth-order valence-electron chi connectivity index (χ4n) is 1.38. The molecule has 5 nitrogen and oxygen atoms in total. The molecule has 1 aromatic carbocycles. The van der Waals surface area contributed by atoms with Gasteiger partial charge in [-0.05, 0) is 34.1 Å². The molecule has 19 heavy (non-hydrogen) atoms. The molecular formula is C13H10BrN3O2. The lowest BCUT2D eigenvalue weighted by Crippen LogP contribution is -2.17. The van der Waals surface area contributed by atoms with Gasteiger partial charge in [0.05, 0.1) is 11.8 Å². The summed E-state index contributed by atoms with van der Waals surface area (Å²) in [5, 5.41) is 13.3. The third-order valence-corrected chi connectivity index (χ3v) is 2.98. The predicted molar refractivity (Wildman–Crippen MR) is 75.1 cm³/mol. The smallest absolute Gasteiger partial charge is 0.275 e. The van der Waals surface area contributed by atoms with Crippen LogP contribution in [0.2, 0.25) is 0 Å². The van der Waals surface area contributed by atoms with Crippen LogP contribution in [0, 0.1) is 0 Å². The van der Waals surface area contributed by atoms with E-state index in [1.54, 1.807) is 30.6 Å². The number of nitrogens with zero attached hydrogens (tertiary/aromatic N) is 2. The van der Waals surface area contributed by atoms with Gasteiger partial charge in [-0.25, -0.2) is 5.43 Å². The number of hydrogen-bond donors (Lipinski definition) is 2. The van der Waals surface area contributed by atoms with Crippen molar-refractivity contribution < 1.29 is 9.90 Å². The molecule has 0 saturated carbocycles. The van der Waals surface area contributed by atoms with Gasteiger partial charge >= 0.3 is 0 Å². The van der Waals surface area contributed by atoms with Crippen LogP contribution in [0.5, 0.6) is 5.75 Å². The number of carbonyl (C=O) groups is 1. The van der Waals surface area contributed by atoms with Crippen molar-refractivity contribution in [1.29, 1.82) is 0 Å². The molecule has 2 aromatic rings. The highest BCUT2D eigenvalue weighted by molar-refractivity contribution is 9.10. The molecule has 96 valence electrons. The van der Waals surface area contributed by atoms with E-state index in [-0.39, 0.29) is 11.3 Å². The Hall–Kier alpha value is -2.21. The maximum absolute atomic E-state index is 11.7. The Balaban J connectivity index is 2.06. The number of benzene rings is 1. The molecule has 2 rings (SSSR count). The third-order valence-electron chi connectivity index (χ3n) is 2.32. The largest absolute Gasteiger partial charge is 0.507 e. The average Bonchev–Trinajstić information content (AvgIpc) is 2.41. The molecule has 0 saturated heterocycles. The van der Waals surface area contributed by atoms with E-state index in [1.165, 1.54) is 18.3 Å². The van der Waals surface area contributed by atoms with E-state index in [4.69, 9.17) is 0 Å². The van der Waals surface area contributed by atoms with Crippen molar-refractivity contribution in [2.24, 2.45) is 5.10 Å². The van der Waals surface area contributed by atoms with Crippen LogP contribution in [0.4, 0.5) is 0 Å². The number of halogens is 1. The Kier molecular flexibility index (Phi) is 4.25. The summed E-state index contributed by atoms with van der Waals surface area (Å²) in [6.45, 7) is 0. The fourth-order valence-corrected chi connectivity index (χ4v) is 1.73. The zero-order chi connectivity index (χ0) is 13.7. The number of amides is 1. The van der Waals surface area contributed by atoms with Gasteiger partial charge in [-0.15, -0.1) is 0 Å². The van der Waals surface area contributed by atoms with Gasteiger partial charge in [0.1, 0.15) is 5.75 Å². The molecule has 0 spiro atoms. The van der Waals surface area contributed by atoms with E-state index < -0.39 is 5.91 Å². The second-order valence-electron chi connectivity index (χ2n) is 3.61. The molecular weight excluding hydrogens is 310 g/mol. The number of carbonyl (C=O) groups excluding carboxylic acids is 1. The normalized spacial score (nSPS) is 10.6. The Morgan fingerprint density at radius 2 is 2.16 bits per heavy atom. The lowest BCUT2D eigenvalue weighted by Gasteiger charge is -2.02. The average molecular weight is 320 g/mol. The van der Waals surface area contributed by atoms with Crippen LogP contribution >= 0.6 is 15.9 Å². The molecule has 0 unspecified atom stereocenters. The molecule has 0 atom stereocenters. The minimum absolute atomic E-state index is 0.0831. The number of para-hydroxylation sites is 1. The molecule has 2 N–H and O–H groups in total. The predicted octanol–water partition coefficient (Wildman–Crippen LogP) is 2.31. The third kappa shape index (κ3) is 3.38. The van der Waals surface area contributed by atoms with Crippen molar-refractivity contribution in [2.75, 3.05) is 0 Å². The van der Waals surface area contributed by atoms with Crippen molar-refractivity contribution in [3.63, 3.8) is 0 Å².